The van der Waals surface area contributed by atoms with Crippen molar-refractivity contribution in [1.29, 1.82) is 0 Å². The molecule has 1 aromatic carbocycles. The summed E-state index contributed by atoms with van der Waals surface area (Å²) in [7, 11) is 0. The van der Waals surface area contributed by atoms with E-state index in [1.54, 1.807) is 6.07 Å². The van der Waals surface area contributed by atoms with Crippen LogP contribution in [0.2, 0.25) is 5.02 Å². The van der Waals surface area contributed by atoms with Gasteiger partial charge in [0.05, 0.1) is 34.7 Å². The Labute approximate surface area is 178 Å². The first-order chi connectivity index (χ1) is 13.9. The molecule has 2 unspecified atom stereocenters. The molecule has 2 atom stereocenters. The van der Waals surface area contributed by atoms with Crippen LogP contribution in [0, 0.1) is 6.92 Å². The average molecular weight is 431 g/mol. The molecule has 8 heteroatoms. The van der Waals surface area contributed by atoms with Gasteiger partial charge in [0.2, 0.25) is 0 Å². The quantitative estimate of drug-likeness (QED) is 0.659. The third-order valence-electron chi connectivity index (χ3n) is 4.87. The van der Waals surface area contributed by atoms with Crippen LogP contribution in [-0.2, 0) is 11.3 Å². The van der Waals surface area contributed by atoms with Crippen molar-refractivity contribution in [3.8, 4) is 0 Å². The third kappa shape index (κ3) is 4.75. The number of amides is 1. The van der Waals surface area contributed by atoms with Crippen LogP contribution in [0.25, 0.3) is 10.9 Å². The van der Waals surface area contributed by atoms with Crippen molar-refractivity contribution in [3.63, 3.8) is 0 Å². The van der Waals surface area contributed by atoms with Gasteiger partial charge >= 0.3 is 0 Å². The molecule has 1 aliphatic rings. The summed E-state index contributed by atoms with van der Waals surface area (Å²) in [6.45, 7) is 8.52. The van der Waals surface area contributed by atoms with E-state index in [1.165, 1.54) is 11.3 Å². The minimum Gasteiger partial charge on any atom is -0.373 e. The van der Waals surface area contributed by atoms with E-state index in [0.717, 1.165) is 36.2 Å². The SMILES string of the molecule is Cc1nc2ccc(Cl)cc2cc1C(=O)Nc1nc(CN2CC(C)OC(C)C2)cs1. The van der Waals surface area contributed by atoms with Crippen molar-refractivity contribution < 1.29 is 9.53 Å². The Hall–Kier alpha value is -2.06. The normalized spacial score (nSPS) is 20.1. The number of carbonyl (C=O) groups excluding carboxylic acids is 1. The lowest BCUT2D eigenvalue weighted by atomic mass is 10.1. The monoisotopic (exact) mass is 430 g/mol. The number of thiazole rings is 1. The number of morpholine rings is 1. The molecule has 0 bridgehead atoms. The van der Waals surface area contributed by atoms with E-state index >= 15 is 0 Å². The van der Waals surface area contributed by atoms with E-state index in [4.69, 9.17) is 16.3 Å². The number of nitrogens with one attached hydrogen (secondary N) is 1. The second-order valence-electron chi connectivity index (χ2n) is 7.51. The fourth-order valence-corrected chi connectivity index (χ4v) is 4.59. The fourth-order valence-electron chi connectivity index (χ4n) is 3.72. The summed E-state index contributed by atoms with van der Waals surface area (Å²) in [4.78, 5) is 24.2. The summed E-state index contributed by atoms with van der Waals surface area (Å²) in [5, 5.41) is 6.94. The summed E-state index contributed by atoms with van der Waals surface area (Å²) in [6, 6.07) is 7.28. The lowest BCUT2D eigenvalue weighted by molar-refractivity contribution is -0.0707. The molecule has 0 radical (unpaired) electrons. The number of fused-ring (bicyclic) bond motifs is 1. The van der Waals surface area contributed by atoms with Gasteiger partial charge in [-0.2, -0.15) is 0 Å². The van der Waals surface area contributed by atoms with Crippen molar-refractivity contribution in [1.82, 2.24) is 14.9 Å². The van der Waals surface area contributed by atoms with Crippen molar-refractivity contribution in [2.75, 3.05) is 18.4 Å². The molecular formula is C21H23ClN4O2S. The number of benzene rings is 1. The predicted molar refractivity (Wildman–Crippen MR) is 117 cm³/mol. The van der Waals surface area contributed by atoms with Crippen molar-refractivity contribution >= 4 is 44.9 Å². The van der Waals surface area contributed by atoms with Gasteiger partial charge in [0.1, 0.15) is 0 Å². The van der Waals surface area contributed by atoms with Crippen LogP contribution in [0.15, 0.2) is 29.6 Å². The van der Waals surface area contributed by atoms with Crippen molar-refractivity contribution in [2.45, 2.75) is 39.5 Å². The van der Waals surface area contributed by atoms with E-state index in [2.05, 4.69) is 34.0 Å². The third-order valence-corrected chi connectivity index (χ3v) is 5.91. The Morgan fingerprint density at radius 1 is 1.28 bits per heavy atom. The maximum absolute atomic E-state index is 12.8. The van der Waals surface area contributed by atoms with Crippen LogP contribution in [0.1, 0.15) is 35.6 Å². The van der Waals surface area contributed by atoms with Gasteiger partial charge in [-0.15, -0.1) is 11.3 Å². The van der Waals surface area contributed by atoms with E-state index in [-0.39, 0.29) is 18.1 Å². The minimum atomic E-state index is -0.216. The van der Waals surface area contributed by atoms with Crippen LogP contribution in [-0.4, -0.2) is 46.1 Å². The second-order valence-corrected chi connectivity index (χ2v) is 8.80. The molecule has 1 aliphatic heterocycles. The highest BCUT2D eigenvalue weighted by atomic mass is 35.5. The first-order valence-electron chi connectivity index (χ1n) is 9.58. The average Bonchev–Trinajstić information content (AvgIpc) is 3.07. The first-order valence-corrected chi connectivity index (χ1v) is 10.8. The lowest BCUT2D eigenvalue weighted by Gasteiger charge is -2.34. The van der Waals surface area contributed by atoms with E-state index in [1.807, 2.05) is 30.5 Å². The highest BCUT2D eigenvalue weighted by molar-refractivity contribution is 7.14. The zero-order valence-corrected chi connectivity index (χ0v) is 18.2. The van der Waals surface area contributed by atoms with Crippen LogP contribution < -0.4 is 5.32 Å². The van der Waals surface area contributed by atoms with Crippen LogP contribution in [0.4, 0.5) is 5.13 Å². The summed E-state index contributed by atoms with van der Waals surface area (Å²) in [6.07, 6.45) is 0.432. The summed E-state index contributed by atoms with van der Waals surface area (Å²) in [5.41, 5.74) is 2.96. The van der Waals surface area contributed by atoms with E-state index < -0.39 is 0 Å². The molecule has 2 aromatic heterocycles. The second kappa shape index (κ2) is 8.36. The number of ether oxygens (including phenoxy) is 1. The Balaban J connectivity index is 1.46. The number of halogens is 1. The molecule has 0 aliphatic carbocycles. The summed E-state index contributed by atoms with van der Waals surface area (Å²) >= 11 is 7.50. The van der Waals surface area contributed by atoms with Crippen LogP contribution >= 0.6 is 22.9 Å². The molecule has 4 rings (SSSR count). The van der Waals surface area contributed by atoms with Gasteiger partial charge < -0.3 is 4.74 Å². The molecule has 29 heavy (non-hydrogen) atoms. The highest BCUT2D eigenvalue weighted by Crippen LogP contribution is 2.23. The predicted octanol–water partition coefficient (Wildman–Crippen LogP) is 4.51. The Bertz CT molecular complexity index is 1040. The molecule has 1 fully saturated rings. The molecular weight excluding hydrogens is 408 g/mol. The number of pyridine rings is 1. The van der Waals surface area contributed by atoms with E-state index in [9.17, 15) is 4.79 Å². The summed E-state index contributed by atoms with van der Waals surface area (Å²) < 4.78 is 5.78. The molecule has 6 nitrogen and oxygen atoms in total. The Morgan fingerprint density at radius 2 is 2.03 bits per heavy atom. The molecule has 1 saturated heterocycles. The van der Waals surface area contributed by atoms with Gasteiger partial charge in [0.15, 0.2) is 5.13 Å². The summed E-state index contributed by atoms with van der Waals surface area (Å²) in [5.74, 6) is -0.216. The largest absolute Gasteiger partial charge is 0.373 e. The van der Waals surface area contributed by atoms with Gasteiger partial charge in [-0.1, -0.05) is 11.6 Å². The molecule has 1 amide bonds. The fraction of sp³-hybridized carbons (Fsp3) is 0.381. The molecule has 0 spiro atoms. The van der Waals surface area contributed by atoms with Crippen LogP contribution in [0.5, 0.6) is 0 Å². The van der Waals surface area contributed by atoms with Gasteiger partial charge in [-0.05, 0) is 45.0 Å². The Kier molecular flexibility index (Phi) is 5.83. The van der Waals surface area contributed by atoms with Gasteiger partial charge in [-0.25, -0.2) is 4.98 Å². The van der Waals surface area contributed by atoms with E-state index in [0.29, 0.717) is 21.4 Å². The van der Waals surface area contributed by atoms with Crippen molar-refractivity contribution in [3.05, 3.63) is 51.6 Å². The van der Waals surface area contributed by atoms with Gasteiger partial charge in [0, 0.05) is 35.4 Å². The molecule has 0 saturated carbocycles. The highest BCUT2D eigenvalue weighted by Gasteiger charge is 2.23. The molecule has 3 aromatic rings. The standard InChI is InChI=1S/C21H23ClN4O2S/c1-12-8-26(9-13(2)28-12)10-17-11-29-21(24-17)25-20(27)18-7-15-6-16(22)4-5-19(15)23-14(18)3/h4-7,11-13H,8-10H2,1-3H3,(H,24,25,27). The van der Waals surface area contributed by atoms with Crippen molar-refractivity contribution in [2.24, 2.45) is 0 Å². The number of aryl methyl sites for hydroxylation is 1. The Morgan fingerprint density at radius 3 is 2.79 bits per heavy atom. The number of carbonyl (C=O) groups is 1. The zero-order chi connectivity index (χ0) is 20.5. The topological polar surface area (TPSA) is 67.4 Å². The zero-order valence-electron chi connectivity index (χ0n) is 16.6. The number of rotatable bonds is 4. The first kappa shape index (κ1) is 20.2. The number of anilines is 1. The number of nitrogens with zero attached hydrogens (tertiary/aromatic N) is 3. The van der Waals surface area contributed by atoms with Crippen LogP contribution in [0.3, 0.4) is 0 Å². The smallest absolute Gasteiger partial charge is 0.259 e. The maximum atomic E-state index is 12.8. The van der Waals surface area contributed by atoms with Gasteiger partial charge in [0.25, 0.3) is 5.91 Å². The molecule has 1 N–H and O–H groups in total. The van der Waals surface area contributed by atoms with Gasteiger partial charge in [-0.3, -0.25) is 20.0 Å². The number of aromatic nitrogens is 2. The molecule has 3 heterocycles. The number of hydrogen-bond donors (Lipinski definition) is 1. The maximum Gasteiger partial charge on any atom is 0.259 e. The molecule has 152 valence electrons. The lowest BCUT2D eigenvalue weighted by Crippen LogP contribution is -2.44. The minimum absolute atomic E-state index is 0.216. The number of hydrogen-bond acceptors (Lipinski definition) is 6.